The molecule has 0 rings (SSSR count). The SMILES string of the molecule is CCCCOCC(OCCCC)OC(O)C(OCCCC)C(C)OCCCC. The summed E-state index contributed by atoms with van der Waals surface area (Å²) in [7, 11) is 0. The lowest BCUT2D eigenvalue weighted by molar-refractivity contribution is -0.286. The van der Waals surface area contributed by atoms with Crippen LogP contribution < -0.4 is 0 Å². The van der Waals surface area contributed by atoms with E-state index >= 15 is 0 Å². The molecular weight excluding hydrogens is 360 g/mol. The fraction of sp³-hybridized carbons (Fsp3) is 1.00. The molecule has 0 aliphatic carbocycles. The van der Waals surface area contributed by atoms with Gasteiger partial charge in [0, 0.05) is 26.4 Å². The Labute approximate surface area is 173 Å². The fourth-order valence-electron chi connectivity index (χ4n) is 2.47. The van der Waals surface area contributed by atoms with Crippen LogP contribution in [0.3, 0.4) is 0 Å². The van der Waals surface area contributed by atoms with Gasteiger partial charge in [0.1, 0.15) is 6.10 Å². The summed E-state index contributed by atoms with van der Waals surface area (Å²) in [6.45, 7) is 13.1. The van der Waals surface area contributed by atoms with Crippen molar-refractivity contribution in [1.29, 1.82) is 0 Å². The van der Waals surface area contributed by atoms with Crippen molar-refractivity contribution in [2.75, 3.05) is 33.0 Å². The molecular formula is C22H46O6. The summed E-state index contributed by atoms with van der Waals surface area (Å²) in [5, 5.41) is 10.7. The van der Waals surface area contributed by atoms with Gasteiger partial charge in [0.25, 0.3) is 0 Å². The van der Waals surface area contributed by atoms with Gasteiger partial charge in [0.05, 0.1) is 12.7 Å². The Morgan fingerprint density at radius 3 is 1.75 bits per heavy atom. The molecule has 28 heavy (non-hydrogen) atoms. The lowest BCUT2D eigenvalue weighted by Gasteiger charge is -2.31. The van der Waals surface area contributed by atoms with E-state index in [1.54, 1.807) is 0 Å². The third-order valence-electron chi connectivity index (χ3n) is 4.42. The Kier molecular flexibility index (Phi) is 19.9. The highest BCUT2D eigenvalue weighted by molar-refractivity contribution is 4.71. The van der Waals surface area contributed by atoms with Crippen molar-refractivity contribution in [3.8, 4) is 0 Å². The van der Waals surface area contributed by atoms with Crippen LogP contribution in [-0.2, 0) is 23.7 Å². The highest BCUT2D eigenvalue weighted by atomic mass is 16.7. The molecule has 0 fully saturated rings. The molecule has 4 unspecified atom stereocenters. The Bertz CT molecular complexity index is 315. The summed E-state index contributed by atoms with van der Waals surface area (Å²) in [5.41, 5.74) is 0. The Hall–Kier alpha value is -0.240. The van der Waals surface area contributed by atoms with E-state index in [9.17, 15) is 5.11 Å². The highest BCUT2D eigenvalue weighted by Crippen LogP contribution is 2.15. The fourth-order valence-corrected chi connectivity index (χ4v) is 2.47. The molecule has 0 aromatic rings. The van der Waals surface area contributed by atoms with Crippen molar-refractivity contribution in [3.05, 3.63) is 0 Å². The number of aliphatic hydroxyl groups is 1. The lowest BCUT2D eigenvalue weighted by atomic mass is 10.2. The monoisotopic (exact) mass is 406 g/mol. The van der Waals surface area contributed by atoms with Crippen molar-refractivity contribution in [3.63, 3.8) is 0 Å². The van der Waals surface area contributed by atoms with E-state index in [0.29, 0.717) is 33.0 Å². The van der Waals surface area contributed by atoms with Crippen molar-refractivity contribution in [2.45, 2.75) is 111 Å². The second-order valence-corrected chi connectivity index (χ2v) is 7.23. The van der Waals surface area contributed by atoms with Crippen LogP contribution in [0.4, 0.5) is 0 Å². The number of hydrogen-bond donors (Lipinski definition) is 1. The molecule has 0 bridgehead atoms. The van der Waals surface area contributed by atoms with Crippen LogP contribution in [0.2, 0.25) is 0 Å². The Morgan fingerprint density at radius 2 is 1.18 bits per heavy atom. The topological polar surface area (TPSA) is 66.4 Å². The van der Waals surface area contributed by atoms with Crippen molar-refractivity contribution in [1.82, 2.24) is 0 Å². The normalized spacial score (nSPS) is 16.1. The summed E-state index contributed by atoms with van der Waals surface area (Å²) >= 11 is 0. The summed E-state index contributed by atoms with van der Waals surface area (Å²) in [6.07, 6.45) is 5.49. The molecule has 0 saturated heterocycles. The van der Waals surface area contributed by atoms with E-state index in [4.69, 9.17) is 23.7 Å². The number of rotatable bonds is 21. The Balaban J connectivity index is 4.74. The largest absolute Gasteiger partial charge is 0.376 e. The molecule has 0 amide bonds. The molecule has 0 aromatic heterocycles. The van der Waals surface area contributed by atoms with Gasteiger partial charge in [0.15, 0.2) is 12.6 Å². The molecule has 0 aromatic carbocycles. The van der Waals surface area contributed by atoms with Crippen LogP contribution >= 0.6 is 0 Å². The van der Waals surface area contributed by atoms with Crippen molar-refractivity contribution < 1.29 is 28.8 Å². The zero-order valence-corrected chi connectivity index (χ0v) is 19.0. The van der Waals surface area contributed by atoms with Gasteiger partial charge in [-0.15, -0.1) is 0 Å². The van der Waals surface area contributed by atoms with E-state index in [0.717, 1.165) is 51.4 Å². The van der Waals surface area contributed by atoms with Gasteiger partial charge in [-0.25, -0.2) is 0 Å². The van der Waals surface area contributed by atoms with Crippen molar-refractivity contribution >= 4 is 0 Å². The second kappa shape index (κ2) is 20.0. The first kappa shape index (κ1) is 27.8. The molecule has 1 N–H and O–H groups in total. The molecule has 0 aliphatic heterocycles. The summed E-state index contributed by atoms with van der Waals surface area (Å²) in [4.78, 5) is 0. The zero-order valence-electron chi connectivity index (χ0n) is 19.0. The molecule has 6 heteroatoms. The first-order valence-electron chi connectivity index (χ1n) is 11.4. The molecule has 6 nitrogen and oxygen atoms in total. The van der Waals surface area contributed by atoms with Crippen LogP contribution in [0, 0.1) is 0 Å². The second-order valence-electron chi connectivity index (χ2n) is 7.23. The van der Waals surface area contributed by atoms with E-state index < -0.39 is 18.7 Å². The minimum Gasteiger partial charge on any atom is -0.376 e. The van der Waals surface area contributed by atoms with E-state index in [1.807, 2.05) is 6.92 Å². The van der Waals surface area contributed by atoms with Gasteiger partial charge >= 0.3 is 0 Å². The first-order valence-corrected chi connectivity index (χ1v) is 11.4. The molecule has 0 aliphatic rings. The third-order valence-corrected chi connectivity index (χ3v) is 4.42. The van der Waals surface area contributed by atoms with Gasteiger partial charge < -0.3 is 28.8 Å². The smallest absolute Gasteiger partial charge is 0.186 e. The summed E-state index contributed by atoms with van der Waals surface area (Å²) in [6, 6.07) is 0. The van der Waals surface area contributed by atoms with Gasteiger partial charge in [0.2, 0.25) is 0 Å². The molecule has 0 spiro atoms. The number of hydrogen-bond acceptors (Lipinski definition) is 6. The van der Waals surface area contributed by atoms with Crippen LogP contribution in [0.1, 0.15) is 86.0 Å². The van der Waals surface area contributed by atoms with Gasteiger partial charge in [-0.2, -0.15) is 0 Å². The minimum absolute atomic E-state index is 0.268. The zero-order chi connectivity index (χ0) is 21.0. The van der Waals surface area contributed by atoms with Crippen LogP contribution in [0.15, 0.2) is 0 Å². The predicted octanol–water partition coefficient (Wildman–Crippen LogP) is 4.67. The molecule has 4 atom stereocenters. The maximum absolute atomic E-state index is 10.7. The molecule has 170 valence electrons. The highest BCUT2D eigenvalue weighted by Gasteiger charge is 2.30. The van der Waals surface area contributed by atoms with E-state index in [2.05, 4.69) is 27.7 Å². The average molecular weight is 407 g/mol. The van der Waals surface area contributed by atoms with Gasteiger partial charge in [-0.1, -0.05) is 53.4 Å². The maximum atomic E-state index is 10.7. The first-order chi connectivity index (χ1) is 13.6. The molecule has 0 heterocycles. The average Bonchev–Trinajstić information content (AvgIpc) is 2.68. The standard InChI is InChI=1S/C22H46O6/c1-6-10-14-24-18-20(26-16-12-8-3)28-22(23)21(27-17-13-9-4)19(5)25-15-11-7-2/h19-23H,6-18H2,1-5H3. The van der Waals surface area contributed by atoms with Crippen LogP contribution in [0.5, 0.6) is 0 Å². The quantitative estimate of drug-likeness (QED) is 0.221. The maximum Gasteiger partial charge on any atom is 0.186 e. The van der Waals surface area contributed by atoms with Crippen LogP contribution in [0.25, 0.3) is 0 Å². The number of ether oxygens (including phenoxy) is 5. The van der Waals surface area contributed by atoms with Crippen LogP contribution in [-0.4, -0.2) is 62.9 Å². The summed E-state index contributed by atoms with van der Waals surface area (Å²) < 4.78 is 29.0. The Morgan fingerprint density at radius 1 is 0.679 bits per heavy atom. The van der Waals surface area contributed by atoms with E-state index in [1.165, 1.54) is 0 Å². The summed E-state index contributed by atoms with van der Waals surface area (Å²) in [5.74, 6) is 0. The van der Waals surface area contributed by atoms with Gasteiger partial charge in [-0.3, -0.25) is 0 Å². The van der Waals surface area contributed by atoms with E-state index in [-0.39, 0.29) is 6.10 Å². The minimum atomic E-state index is -1.13. The van der Waals surface area contributed by atoms with Gasteiger partial charge in [-0.05, 0) is 32.6 Å². The lowest BCUT2D eigenvalue weighted by Crippen LogP contribution is -2.44. The number of aliphatic hydroxyl groups excluding tert-OH is 1. The molecule has 0 radical (unpaired) electrons. The predicted molar refractivity (Wildman–Crippen MR) is 112 cm³/mol. The van der Waals surface area contributed by atoms with Crippen molar-refractivity contribution in [2.24, 2.45) is 0 Å². The third kappa shape index (κ3) is 14.7. The molecule has 0 saturated carbocycles. The number of unbranched alkanes of at least 4 members (excludes halogenated alkanes) is 4.